The van der Waals surface area contributed by atoms with Crippen LogP contribution in [0.3, 0.4) is 0 Å². The van der Waals surface area contributed by atoms with E-state index in [0.717, 1.165) is 42.5 Å². The van der Waals surface area contributed by atoms with Crippen molar-refractivity contribution in [3.63, 3.8) is 0 Å². The zero-order valence-electron chi connectivity index (χ0n) is 16.3. The first-order valence-electron chi connectivity index (χ1n) is 9.65. The first-order valence-corrected chi connectivity index (χ1v) is 10.0. The average molecular weight is 410 g/mol. The molecule has 1 fully saturated rings. The second-order valence-corrected chi connectivity index (χ2v) is 7.30. The van der Waals surface area contributed by atoms with Crippen molar-refractivity contribution in [2.45, 2.75) is 19.0 Å². The van der Waals surface area contributed by atoms with Crippen LogP contribution in [0.4, 0.5) is 5.82 Å². The molecule has 0 aliphatic carbocycles. The Morgan fingerprint density at radius 1 is 1.21 bits per heavy atom. The maximum Gasteiger partial charge on any atom is 0.191 e. The van der Waals surface area contributed by atoms with Crippen molar-refractivity contribution < 1.29 is 0 Å². The van der Waals surface area contributed by atoms with E-state index >= 15 is 0 Å². The predicted molar refractivity (Wildman–Crippen MR) is 117 cm³/mol. The van der Waals surface area contributed by atoms with Gasteiger partial charge in [-0.05, 0) is 36.2 Å². The maximum atomic E-state index is 6.29. The van der Waals surface area contributed by atoms with E-state index in [1.165, 1.54) is 0 Å². The fourth-order valence-electron chi connectivity index (χ4n) is 3.54. The van der Waals surface area contributed by atoms with Crippen LogP contribution in [-0.2, 0) is 6.54 Å². The fourth-order valence-corrected chi connectivity index (χ4v) is 3.78. The third-order valence-electron chi connectivity index (χ3n) is 4.98. The molecule has 3 heterocycles. The lowest BCUT2D eigenvalue weighted by molar-refractivity contribution is 0.647. The molecule has 1 aliphatic rings. The first-order chi connectivity index (χ1) is 14.2. The molecule has 0 amide bonds. The van der Waals surface area contributed by atoms with E-state index in [2.05, 4.69) is 42.7 Å². The number of aliphatic imine (C=N–C) groups is 1. The summed E-state index contributed by atoms with van der Waals surface area (Å²) in [4.78, 5) is 11.0. The highest BCUT2D eigenvalue weighted by Gasteiger charge is 2.25. The maximum absolute atomic E-state index is 6.29. The highest BCUT2D eigenvalue weighted by atomic mass is 35.5. The summed E-state index contributed by atoms with van der Waals surface area (Å²) < 4.78 is 1.87. The number of halogens is 1. The highest BCUT2D eigenvalue weighted by molar-refractivity contribution is 6.32. The molecule has 1 saturated heterocycles. The van der Waals surface area contributed by atoms with Crippen LogP contribution in [0.5, 0.6) is 0 Å². The molecule has 2 N–H and O–H groups in total. The molecule has 0 spiro atoms. The van der Waals surface area contributed by atoms with Gasteiger partial charge in [-0.2, -0.15) is 5.10 Å². The molecule has 3 aromatic rings. The van der Waals surface area contributed by atoms with Crippen molar-refractivity contribution in [3.05, 3.63) is 71.6 Å². The number of guanidine groups is 1. The van der Waals surface area contributed by atoms with Crippen molar-refractivity contribution in [3.8, 4) is 5.69 Å². The molecule has 1 aliphatic heterocycles. The monoisotopic (exact) mass is 409 g/mol. The third kappa shape index (κ3) is 4.51. The van der Waals surface area contributed by atoms with Crippen LogP contribution in [0.2, 0.25) is 5.02 Å². The Kier molecular flexibility index (Phi) is 5.95. The fraction of sp³-hybridized carbons (Fsp3) is 0.286. The van der Waals surface area contributed by atoms with Gasteiger partial charge < -0.3 is 15.5 Å². The molecule has 0 bridgehead atoms. The molecular weight excluding hydrogens is 386 g/mol. The zero-order chi connectivity index (χ0) is 20.1. The van der Waals surface area contributed by atoms with Crippen LogP contribution in [0, 0.1) is 0 Å². The summed E-state index contributed by atoms with van der Waals surface area (Å²) in [6, 6.07) is 14.1. The summed E-state index contributed by atoms with van der Waals surface area (Å²) >= 11 is 6.29. The van der Waals surface area contributed by atoms with Crippen LogP contribution in [0.1, 0.15) is 12.0 Å². The molecule has 1 atom stereocenters. The van der Waals surface area contributed by atoms with Crippen molar-refractivity contribution in [1.29, 1.82) is 0 Å². The number of rotatable bonds is 5. The minimum Gasteiger partial charge on any atom is -0.353 e. The summed E-state index contributed by atoms with van der Waals surface area (Å²) in [7, 11) is 1.79. The molecule has 0 radical (unpaired) electrons. The molecular formula is C21H24ClN7. The van der Waals surface area contributed by atoms with Crippen LogP contribution >= 0.6 is 11.6 Å². The lowest BCUT2D eigenvalue weighted by Gasteiger charge is -2.20. The van der Waals surface area contributed by atoms with Gasteiger partial charge in [0, 0.05) is 51.3 Å². The number of pyridine rings is 1. The number of aromatic nitrogens is 3. The lowest BCUT2D eigenvalue weighted by Crippen LogP contribution is -2.44. The topological polar surface area (TPSA) is 70.4 Å². The number of nitrogens with zero attached hydrogens (tertiary/aromatic N) is 5. The zero-order valence-corrected chi connectivity index (χ0v) is 17.0. The van der Waals surface area contributed by atoms with Crippen LogP contribution in [-0.4, -0.2) is 46.9 Å². The minimum atomic E-state index is 0.278. The van der Waals surface area contributed by atoms with Gasteiger partial charge in [0.25, 0.3) is 0 Å². The molecule has 8 heteroatoms. The summed E-state index contributed by atoms with van der Waals surface area (Å²) in [5.74, 6) is 1.62. The quantitative estimate of drug-likeness (QED) is 0.501. The smallest absolute Gasteiger partial charge is 0.191 e. The summed E-state index contributed by atoms with van der Waals surface area (Å²) in [6.07, 6.45) is 6.50. The molecule has 1 aromatic carbocycles. The van der Waals surface area contributed by atoms with E-state index in [1.807, 2.05) is 41.2 Å². The van der Waals surface area contributed by atoms with Gasteiger partial charge in [0.1, 0.15) is 5.82 Å². The average Bonchev–Trinajstić information content (AvgIpc) is 3.44. The van der Waals surface area contributed by atoms with Gasteiger partial charge in [0.2, 0.25) is 0 Å². The molecule has 29 heavy (non-hydrogen) atoms. The predicted octanol–water partition coefficient (Wildman–Crippen LogP) is 2.86. The molecule has 150 valence electrons. The van der Waals surface area contributed by atoms with Crippen molar-refractivity contribution >= 4 is 23.4 Å². The standard InChI is InChI=1S/C21H24ClN7/c1-23-21(25-14-16-6-2-3-8-19(16)29-12-5-11-26-29)27-17-9-13-28(15-17)20-18(22)7-4-10-24-20/h2-8,10-12,17H,9,13-15H2,1H3,(H2,23,25,27). The summed E-state index contributed by atoms with van der Waals surface area (Å²) in [6.45, 7) is 2.40. The van der Waals surface area contributed by atoms with E-state index in [9.17, 15) is 0 Å². The Labute approximate surface area is 175 Å². The van der Waals surface area contributed by atoms with Crippen LogP contribution < -0.4 is 15.5 Å². The van der Waals surface area contributed by atoms with Crippen LogP contribution in [0.25, 0.3) is 5.69 Å². The Hall–Kier alpha value is -3.06. The molecule has 1 unspecified atom stereocenters. The van der Waals surface area contributed by atoms with Crippen molar-refractivity contribution in [2.75, 3.05) is 25.0 Å². The minimum absolute atomic E-state index is 0.278. The van der Waals surface area contributed by atoms with E-state index in [0.29, 0.717) is 11.6 Å². The lowest BCUT2D eigenvalue weighted by atomic mass is 10.2. The Bertz CT molecular complexity index is 971. The number of anilines is 1. The van der Waals surface area contributed by atoms with Crippen molar-refractivity contribution in [1.82, 2.24) is 25.4 Å². The van der Waals surface area contributed by atoms with Gasteiger partial charge in [-0.15, -0.1) is 0 Å². The largest absolute Gasteiger partial charge is 0.353 e. The van der Waals surface area contributed by atoms with Gasteiger partial charge in [0.05, 0.1) is 10.7 Å². The number of para-hydroxylation sites is 1. The van der Waals surface area contributed by atoms with Gasteiger partial charge in [-0.25, -0.2) is 9.67 Å². The molecule has 4 rings (SSSR count). The van der Waals surface area contributed by atoms with E-state index < -0.39 is 0 Å². The number of benzene rings is 1. The number of nitrogens with one attached hydrogen (secondary N) is 2. The van der Waals surface area contributed by atoms with Gasteiger partial charge in [0.15, 0.2) is 5.96 Å². The van der Waals surface area contributed by atoms with Crippen molar-refractivity contribution in [2.24, 2.45) is 4.99 Å². The molecule has 2 aromatic heterocycles. The number of hydrogen-bond acceptors (Lipinski definition) is 4. The Morgan fingerprint density at radius 2 is 2.10 bits per heavy atom. The Morgan fingerprint density at radius 3 is 2.90 bits per heavy atom. The summed E-state index contributed by atoms with van der Waals surface area (Å²) in [5.41, 5.74) is 2.20. The summed E-state index contributed by atoms with van der Waals surface area (Å²) in [5, 5.41) is 12.0. The van der Waals surface area contributed by atoms with Gasteiger partial charge in [-0.1, -0.05) is 29.8 Å². The Balaban J connectivity index is 1.36. The highest BCUT2D eigenvalue weighted by Crippen LogP contribution is 2.25. The van der Waals surface area contributed by atoms with E-state index in [1.54, 1.807) is 19.4 Å². The molecule has 7 nitrogen and oxygen atoms in total. The number of hydrogen-bond donors (Lipinski definition) is 2. The second-order valence-electron chi connectivity index (χ2n) is 6.89. The second kappa shape index (κ2) is 8.96. The first kappa shape index (κ1) is 19.3. The van der Waals surface area contributed by atoms with E-state index in [4.69, 9.17) is 11.6 Å². The van der Waals surface area contributed by atoms with Gasteiger partial charge >= 0.3 is 0 Å². The molecule has 0 saturated carbocycles. The third-order valence-corrected chi connectivity index (χ3v) is 5.28. The normalized spacial score (nSPS) is 16.8. The van der Waals surface area contributed by atoms with Crippen LogP contribution in [0.15, 0.2) is 66.0 Å². The SMILES string of the molecule is CN=C(NCc1ccccc1-n1cccn1)NC1CCN(c2ncccc2Cl)C1. The van der Waals surface area contributed by atoms with Gasteiger partial charge in [-0.3, -0.25) is 4.99 Å². The van der Waals surface area contributed by atoms with E-state index in [-0.39, 0.29) is 6.04 Å².